The summed E-state index contributed by atoms with van der Waals surface area (Å²) in [6, 6.07) is 7.22. The van der Waals surface area contributed by atoms with E-state index in [1.54, 1.807) is 25.1 Å². The summed E-state index contributed by atoms with van der Waals surface area (Å²) in [6.07, 6.45) is 3.58. The van der Waals surface area contributed by atoms with Gasteiger partial charge < -0.3 is 10.2 Å². The fourth-order valence-electron chi connectivity index (χ4n) is 1.54. The fourth-order valence-corrected chi connectivity index (χ4v) is 1.54. The van der Waals surface area contributed by atoms with Crippen molar-refractivity contribution in [2.75, 3.05) is 0 Å². The summed E-state index contributed by atoms with van der Waals surface area (Å²) in [7, 11) is 0. The molecular formula is C13H18O2. The van der Waals surface area contributed by atoms with E-state index in [4.69, 9.17) is 0 Å². The molecule has 82 valence electrons. The Morgan fingerprint density at radius 2 is 2.07 bits per heavy atom. The van der Waals surface area contributed by atoms with Crippen LogP contribution in [-0.2, 0) is 6.42 Å². The molecule has 0 aliphatic heterocycles. The number of aryl methyl sites for hydroxylation is 1. The maximum absolute atomic E-state index is 9.91. The fraction of sp³-hybridized carbons (Fsp3) is 0.385. The molecule has 0 fully saturated rings. The van der Waals surface area contributed by atoms with Crippen molar-refractivity contribution in [1.29, 1.82) is 0 Å². The topological polar surface area (TPSA) is 40.5 Å². The van der Waals surface area contributed by atoms with Crippen LogP contribution < -0.4 is 0 Å². The normalized spacial score (nSPS) is 14.5. The van der Waals surface area contributed by atoms with Crippen LogP contribution in [-0.4, -0.2) is 15.8 Å². The van der Waals surface area contributed by atoms with Crippen LogP contribution in [0.15, 0.2) is 36.9 Å². The van der Waals surface area contributed by atoms with E-state index < -0.39 is 5.60 Å². The van der Waals surface area contributed by atoms with E-state index in [-0.39, 0.29) is 0 Å². The van der Waals surface area contributed by atoms with E-state index in [9.17, 15) is 10.2 Å². The lowest BCUT2D eigenvalue weighted by molar-refractivity contribution is 0.0543. The Bertz CT molecular complexity index is 329. The predicted octanol–water partition coefficient (Wildman–Crippen LogP) is 2.65. The monoisotopic (exact) mass is 206 g/mol. The highest BCUT2D eigenvalue weighted by molar-refractivity contribution is 5.31. The molecule has 0 spiro atoms. The molecule has 0 aliphatic rings. The Labute approximate surface area is 90.9 Å². The maximum Gasteiger partial charge on any atom is 0.118 e. The molecule has 1 aromatic rings. The second-order valence-electron chi connectivity index (χ2n) is 4.12. The smallest absolute Gasteiger partial charge is 0.118 e. The van der Waals surface area contributed by atoms with Crippen LogP contribution in [0.3, 0.4) is 0 Å². The predicted molar refractivity (Wildman–Crippen MR) is 61.9 cm³/mol. The van der Waals surface area contributed by atoms with Gasteiger partial charge in [-0.3, -0.25) is 0 Å². The van der Waals surface area contributed by atoms with Gasteiger partial charge in [-0.1, -0.05) is 24.3 Å². The zero-order valence-electron chi connectivity index (χ0n) is 9.11. The zero-order chi connectivity index (χ0) is 11.3. The minimum Gasteiger partial charge on any atom is -0.508 e. The number of hydrogen-bond acceptors (Lipinski definition) is 2. The highest BCUT2D eigenvalue weighted by Gasteiger charge is 2.18. The summed E-state index contributed by atoms with van der Waals surface area (Å²) >= 11 is 0. The molecule has 1 atom stereocenters. The molecule has 0 saturated heterocycles. The first-order chi connectivity index (χ1) is 7.05. The van der Waals surface area contributed by atoms with E-state index in [0.717, 1.165) is 5.56 Å². The van der Waals surface area contributed by atoms with Gasteiger partial charge in [-0.25, -0.2) is 0 Å². The lowest BCUT2D eigenvalue weighted by Crippen LogP contribution is -2.23. The number of aromatic hydroxyl groups is 1. The van der Waals surface area contributed by atoms with Crippen molar-refractivity contribution in [2.45, 2.75) is 31.8 Å². The van der Waals surface area contributed by atoms with Gasteiger partial charge in [0.2, 0.25) is 0 Å². The van der Waals surface area contributed by atoms with Gasteiger partial charge in [-0.2, -0.15) is 0 Å². The molecule has 2 N–H and O–H groups in total. The number of aliphatic hydroxyl groups is 1. The molecule has 2 heteroatoms. The lowest BCUT2D eigenvalue weighted by Gasteiger charge is -2.21. The molecule has 0 radical (unpaired) electrons. The van der Waals surface area contributed by atoms with Gasteiger partial charge in [-0.05, 0) is 37.8 Å². The van der Waals surface area contributed by atoms with Crippen molar-refractivity contribution in [3.05, 3.63) is 42.5 Å². The van der Waals surface area contributed by atoms with Gasteiger partial charge in [0.15, 0.2) is 0 Å². The molecule has 1 aromatic carbocycles. The molecule has 1 rings (SSSR count). The zero-order valence-corrected chi connectivity index (χ0v) is 9.11. The number of rotatable bonds is 5. The van der Waals surface area contributed by atoms with Crippen LogP contribution in [0.2, 0.25) is 0 Å². The Morgan fingerprint density at radius 3 is 2.67 bits per heavy atom. The third-order valence-corrected chi connectivity index (χ3v) is 2.51. The van der Waals surface area contributed by atoms with Gasteiger partial charge in [0.05, 0.1) is 5.60 Å². The summed E-state index contributed by atoms with van der Waals surface area (Å²) in [5.41, 5.74) is 0.145. The summed E-state index contributed by atoms with van der Waals surface area (Å²) in [5, 5.41) is 19.4. The van der Waals surface area contributed by atoms with E-state index in [1.165, 1.54) is 0 Å². The number of hydrogen-bond donors (Lipinski definition) is 2. The molecule has 1 unspecified atom stereocenters. The molecule has 0 amide bonds. The number of phenols is 1. The molecule has 2 nitrogen and oxygen atoms in total. The summed E-state index contributed by atoms with van der Waals surface area (Å²) in [6.45, 7) is 5.40. The lowest BCUT2D eigenvalue weighted by atomic mass is 9.93. The van der Waals surface area contributed by atoms with Gasteiger partial charge in [0.1, 0.15) is 5.75 Å². The molecule has 0 heterocycles. The van der Waals surface area contributed by atoms with Crippen molar-refractivity contribution in [3.8, 4) is 5.75 Å². The minimum absolute atomic E-state index is 0.298. The molecule has 0 aromatic heterocycles. The van der Waals surface area contributed by atoms with Crippen LogP contribution in [0.25, 0.3) is 0 Å². The average Bonchev–Trinajstić information content (AvgIpc) is 2.16. The first kappa shape index (κ1) is 11.8. The van der Waals surface area contributed by atoms with E-state index in [0.29, 0.717) is 25.0 Å². The Hall–Kier alpha value is -1.28. The second-order valence-corrected chi connectivity index (χ2v) is 4.12. The van der Waals surface area contributed by atoms with Crippen molar-refractivity contribution in [1.82, 2.24) is 0 Å². The first-order valence-corrected chi connectivity index (χ1v) is 5.15. The Kier molecular flexibility index (Phi) is 3.92. The third kappa shape index (κ3) is 3.76. The van der Waals surface area contributed by atoms with Crippen molar-refractivity contribution in [2.24, 2.45) is 0 Å². The Morgan fingerprint density at radius 1 is 1.40 bits per heavy atom. The van der Waals surface area contributed by atoms with E-state index in [2.05, 4.69) is 6.58 Å². The Balaban J connectivity index is 2.57. The second kappa shape index (κ2) is 4.99. The molecule has 0 saturated carbocycles. The van der Waals surface area contributed by atoms with E-state index in [1.807, 2.05) is 12.1 Å². The van der Waals surface area contributed by atoms with Crippen molar-refractivity contribution >= 4 is 0 Å². The largest absolute Gasteiger partial charge is 0.508 e. The molecule has 0 bridgehead atoms. The molecule has 0 aliphatic carbocycles. The quantitative estimate of drug-likeness (QED) is 0.727. The third-order valence-electron chi connectivity index (χ3n) is 2.51. The van der Waals surface area contributed by atoms with Gasteiger partial charge >= 0.3 is 0 Å². The van der Waals surface area contributed by atoms with Gasteiger partial charge in [0, 0.05) is 0 Å². The summed E-state index contributed by atoms with van der Waals surface area (Å²) in [5.74, 6) is 0.298. The molecular weight excluding hydrogens is 188 g/mol. The van der Waals surface area contributed by atoms with E-state index >= 15 is 0 Å². The average molecular weight is 206 g/mol. The van der Waals surface area contributed by atoms with Gasteiger partial charge in [0.25, 0.3) is 0 Å². The van der Waals surface area contributed by atoms with Crippen LogP contribution in [0.4, 0.5) is 0 Å². The summed E-state index contributed by atoms with van der Waals surface area (Å²) in [4.78, 5) is 0. The van der Waals surface area contributed by atoms with Crippen molar-refractivity contribution in [3.63, 3.8) is 0 Å². The highest BCUT2D eigenvalue weighted by Crippen LogP contribution is 2.22. The number of benzene rings is 1. The standard InChI is InChI=1S/C13H18O2/c1-3-9-13(2,15)10-8-11-6-4-5-7-12(11)14/h3-7,14-15H,1,8-10H2,2H3. The van der Waals surface area contributed by atoms with Crippen LogP contribution in [0, 0.1) is 0 Å². The number of phenolic OH excluding ortho intramolecular Hbond substituents is 1. The van der Waals surface area contributed by atoms with Crippen LogP contribution >= 0.6 is 0 Å². The highest BCUT2D eigenvalue weighted by atomic mass is 16.3. The minimum atomic E-state index is -0.732. The van der Waals surface area contributed by atoms with Crippen LogP contribution in [0.1, 0.15) is 25.3 Å². The van der Waals surface area contributed by atoms with Crippen LogP contribution in [0.5, 0.6) is 5.75 Å². The SMILES string of the molecule is C=CCC(C)(O)CCc1ccccc1O. The van der Waals surface area contributed by atoms with Gasteiger partial charge in [-0.15, -0.1) is 6.58 Å². The maximum atomic E-state index is 9.91. The molecule has 15 heavy (non-hydrogen) atoms. The van der Waals surface area contributed by atoms with Crippen molar-refractivity contribution < 1.29 is 10.2 Å². The summed E-state index contributed by atoms with van der Waals surface area (Å²) < 4.78 is 0. The first-order valence-electron chi connectivity index (χ1n) is 5.15. The number of para-hydroxylation sites is 1.